The molecule has 1 atom stereocenters. The highest BCUT2D eigenvalue weighted by molar-refractivity contribution is 7.89. The van der Waals surface area contributed by atoms with Crippen LogP contribution in [0.2, 0.25) is 0 Å². The van der Waals surface area contributed by atoms with Gasteiger partial charge in [0.05, 0.1) is 6.04 Å². The van der Waals surface area contributed by atoms with Gasteiger partial charge in [-0.2, -0.15) is 4.31 Å². The summed E-state index contributed by atoms with van der Waals surface area (Å²) >= 11 is 0. The largest absolute Gasteiger partial charge is 0.352 e. The van der Waals surface area contributed by atoms with Crippen molar-refractivity contribution in [3.8, 4) is 0 Å². The van der Waals surface area contributed by atoms with Crippen LogP contribution in [-0.2, 0) is 14.8 Å². The molecule has 1 aliphatic carbocycles. The van der Waals surface area contributed by atoms with Gasteiger partial charge in [-0.3, -0.25) is 9.69 Å². The molecule has 3 rings (SSSR count). The van der Waals surface area contributed by atoms with Gasteiger partial charge >= 0.3 is 0 Å². The molecule has 1 heterocycles. The molecule has 2 aliphatic rings. The third-order valence-corrected chi connectivity index (χ3v) is 7.37. The Kier molecular flexibility index (Phi) is 6.12. The maximum atomic E-state index is 13.9. The monoisotopic (exact) mass is 401 g/mol. The van der Waals surface area contributed by atoms with E-state index in [0.717, 1.165) is 48.2 Å². The molecule has 2 fully saturated rings. The van der Waals surface area contributed by atoms with Gasteiger partial charge < -0.3 is 5.32 Å². The molecule has 1 aromatic rings. The highest BCUT2D eigenvalue weighted by Gasteiger charge is 2.35. The van der Waals surface area contributed by atoms with Gasteiger partial charge in [-0.05, 0) is 31.9 Å². The number of sulfonamides is 1. The summed E-state index contributed by atoms with van der Waals surface area (Å²) in [6, 6.07) is 2.85. The van der Waals surface area contributed by atoms with Crippen LogP contribution in [-0.4, -0.2) is 61.8 Å². The Balaban J connectivity index is 1.62. The fraction of sp³-hybridized carbons (Fsp3) is 0.611. The van der Waals surface area contributed by atoms with E-state index in [4.69, 9.17) is 0 Å². The summed E-state index contributed by atoms with van der Waals surface area (Å²) in [4.78, 5) is 13.4. The third-order valence-electron chi connectivity index (χ3n) is 5.42. The van der Waals surface area contributed by atoms with E-state index in [0.29, 0.717) is 13.1 Å². The molecule has 0 radical (unpaired) electrons. The molecule has 6 nitrogen and oxygen atoms in total. The minimum absolute atomic E-state index is 0.0571. The Bertz CT molecular complexity index is 769. The molecule has 1 amide bonds. The fourth-order valence-corrected chi connectivity index (χ4v) is 5.28. The Labute approximate surface area is 158 Å². The van der Waals surface area contributed by atoms with Crippen LogP contribution in [0, 0.1) is 11.6 Å². The lowest BCUT2D eigenvalue weighted by atomic mass is 10.2. The van der Waals surface area contributed by atoms with Crippen LogP contribution in [0.15, 0.2) is 23.1 Å². The highest BCUT2D eigenvalue weighted by atomic mass is 32.2. The van der Waals surface area contributed by atoms with Gasteiger partial charge in [0.2, 0.25) is 15.9 Å². The van der Waals surface area contributed by atoms with Crippen molar-refractivity contribution in [2.24, 2.45) is 0 Å². The number of halogens is 2. The normalized spacial score (nSPS) is 21.3. The predicted molar refractivity (Wildman–Crippen MR) is 96.6 cm³/mol. The lowest BCUT2D eigenvalue weighted by molar-refractivity contribution is -0.127. The lowest BCUT2D eigenvalue weighted by Crippen LogP contribution is -2.55. The van der Waals surface area contributed by atoms with Crippen molar-refractivity contribution in [3.05, 3.63) is 29.8 Å². The second kappa shape index (κ2) is 8.20. The van der Waals surface area contributed by atoms with Crippen molar-refractivity contribution in [2.45, 2.75) is 49.6 Å². The van der Waals surface area contributed by atoms with Gasteiger partial charge in [-0.15, -0.1) is 0 Å². The molecular weight excluding hydrogens is 376 g/mol. The number of piperazine rings is 1. The minimum atomic E-state index is -4.26. The zero-order valence-corrected chi connectivity index (χ0v) is 16.1. The molecule has 0 bridgehead atoms. The van der Waals surface area contributed by atoms with Crippen molar-refractivity contribution in [3.63, 3.8) is 0 Å². The number of carbonyl (C=O) groups is 1. The van der Waals surface area contributed by atoms with Gasteiger partial charge in [-0.1, -0.05) is 18.9 Å². The molecule has 1 aromatic carbocycles. The molecule has 9 heteroatoms. The van der Waals surface area contributed by atoms with Crippen LogP contribution < -0.4 is 5.32 Å². The molecule has 0 spiro atoms. The molecule has 1 aliphatic heterocycles. The van der Waals surface area contributed by atoms with E-state index in [1.165, 1.54) is 0 Å². The number of hydrogen-bond acceptors (Lipinski definition) is 4. The number of nitrogens with one attached hydrogen (secondary N) is 1. The number of amides is 1. The topological polar surface area (TPSA) is 69.7 Å². The molecule has 1 saturated heterocycles. The van der Waals surface area contributed by atoms with Crippen LogP contribution in [0.1, 0.15) is 32.6 Å². The van der Waals surface area contributed by atoms with Gasteiger partial charge in [0, 0.05) is 32.2 Å². The second-order valence-corrected chi connectivity index (χ2v) is 9.03. The standard InChI is InChI=1S/C18H25F2N3O3S/c1-13(18(24)21-14-5-2-3-6-14)22-9-11-23(12-10-22)27(25,26)17-15(19)7-4-8-16(17)20/h4,7-8,13-14H,2-3,5-6,9-12H2,1H3,(H,21,24)/t13-/m0/s1. The Hall–Kier alpha value is -1.58. The molecule has 0 aromatic heterocycles. The number of benzene rings is 1. The Morgan fingerprint density at radius 2 is 1.67 bits per heavy atom. The van der Waals surface area contributed by atoms with Crippen LogP contribution >= 0.6 is 0 Å². The first-order valence-corrected chi connectivity index (χ1v) is 10.7. The number of carbonyl (C=O) groups excluding carboxylic acids is 1. The van der Waals surface area contributed by atoms with Crippen LogP contribution in [0.5, 0.6) is 0 Å². The second-order valence-electron chi connectivity index (χ2n) is 7.16. The maximum Gasteiger partial charge on any atom is 0.249 e. The first kappa shape index (κ1) is 20.2. The average molecular weight is 401 g/mol. The summed E-state index contributed by atoms with van der Waals surface area (Å²) in [5.41, 5.74) is 0. The summed E-state index contributed by atoms with van der Waals surface area (Å²) in [5.74, 6) is -2.25. The summed E-state index contributed by atoms with van der Waals surface area (Å²) in [5, 5.41) is 3.05. The summed E-state index contributed by atoms with van der Waals surface area (Å²) in [6.45, 7) is 2.61. The highest BCUT2D eigenvalue weighted by Crippen LogP contribution is 2.24. The lowest BCUT2D eigenvalue weighted by Gasteiger charge is -2.37. The van der Waals surface area contributed by atoms with Crippen molar-refractivity contribution >= 4 is 15.9 Å². The zero-order chi connectivity index (χ0) is 19.6. The van der Waals surface area contributed by atoms with Gasteiger partial charge in [0.15, 0.2) is 4.90 Å². The van der Waals surface area contributed by atoms with E-state index < -0.39 is 26.6 Å². The smallest absolute Gasteiger partial charge is 0.249 e. The van der Waals surface area contributed by atoms with Crippen molar-refractivity contribution in [1.82, 2.24) is 14.5 Å². The van der Waals surface area contributed by atoms with E-state index in [1.54, 1.807) is 6.92 Å². The van der Waals surface area contributed by atoms with Gasteiger partial charge in [0.1, 0.15) is 11.6 Å². The molecule has 0 unspecified atom stereocenters. The fourth-order valence-electron chi connectivity index (χ4n) is 3.75. The summed E-state index contributed by atoms with van der Waals surface area (Å²) in [6.07, 6.45) is 4.25. The van der Waals surface area contributed by atoms with E-state index in [1.807, 2.05) is 4.90 Å². The quantitative estimate of drug-likeness (QED) is 0.816. The maximum absolute atomic E-state index is 13.9. The third kappa shape index (κ3) is 4.30. The first-order chi connectivity index (χ1) is 12.8. The SMILES string of the molecule is C[C@@H](C(=O)NC1CCCC1)N1CCN(S(=O)(=O)c2c(F)cccc2F)CC1. The number of hydrogen-bond donors (Lipinski definition) is 1. The van der Waals surface area contributed by atoms with Gasteiger partial charge in [0.25, 0.3) is 0 Å². The molecule has 1 N–H and O–H groups in total. The number of nitrogens with zero attached hydrogens (tertiary/aromatic N) is 2. The molecular formula is C18H25F2N3O3S. The van der Waals surface area contributed by atoms with Crippen molar-refractivity contribution < 1.29 is 22.0 Å². The van der Waals surface area contributed by atoms with Crippen LogP contribution in [0.4, 0.5) is 8.78 Å². The average Bonchev–Trinajstić information content (AvgIpc) is 3.14. The van der Waals surface area contributed by atoms with Crippen molar-refractivity contribution in [1.29, 1.82) is 0 Å². The van der Waals surface area contributed by atoms with Crippen LogP contribution in [0.3, 0.4) is 0 Å². The Morgan fingerprint density at radius 1 is 1.11 bits per heavy atom. The zero-order valence-electron chi connectivity index (χ0n) is 15.3. The minimum Gasteiger partial charge on any atom is -0.352 e. The summed E-state index contributed by atoms with van der Waals surface area (Å²) in [7, 11) is -4.26. The van der Waals surface area contributed by atoms with Crippen molar-refractivity contribution in [2.75, 3.05) is 26.2 Å². The predicted octanol–water partition coefficient (Wildman–Crippen LogP) is 1.72. The summed E-state index contributed by atoms with van der Waals surface area (Å²) < 4.78 is 54.1. The molecule has 150 valence electrons. The number of rotatable bonds is 5. The van der Waals surface area contributed by atoms with E-state index in [9.17, 15) is 22.0 Å². The molecule has 1 saturated carbocycles. The van der Waals surface area contributed by atoms with E-state index in [2.05, 4.69) is 5.32 Å². The Morgan fingerprint density at radius 3 is 2.22 bits per heavy atom. The van der Waals surface area contributed by atoms with E-state index in [-0.39, 0.29) is 31.1 Å². The van der Waals surface area contributed by atoms with Gasteiger partial charge in [-0.25, -0.2) is 17.2 Å². The molecule has 27 heavy (non-hydrogen) atoms. The first-order valence-electron chi connectivity index (χ1n) is 9.29. The van der Waals surface area contributed by atoms with E-state index >= 15 is 0 Å². The van der Waals surface area contributed by atoms with Crippen LogP contribution in [0.25, 0.3) is 0 Å².